The second kappa shape index (κ2) is 6.91. The second-order valence-electron chi connectivity index (χ2n) is 5.16. The number of aromatic hydroxyl groups is 1. The number of amides is 1. The van der Waals surface area contributed by atoms with Crippen LogP contribution in [-0.4, -0.2) is 24.0 Å². The number of hydrogen-bond acceptors (Lipinski definition) is 5. The molecule has 6 heteroatoms. The molecule has 2 aromatic rings. The van der Waals surface area contributed by atoms with Crippen molar-refractivity contribution in [3.63, 3.8) is 0 Å². The predicted molar refractivity (Wildman–Crippen MR) is 85.0 cm³/mol. The number of benzene rings is 2. The molecule has 0 aliphatic carbocycles. The molecule has 23 heavy (non-hydrogen) atoms. The van der Waals surface area contributed by atoms with Gasteiger partial charge < -0.3 is 24.6 Å². The van der Waals surface area contributed by atoms with Crippen LogP contribution in [0.4, 0.5) is 4.79 Å². The Labute approximate surface area is 134 Å². The minimum Gasteiger partial charge on any atom is -0.508 e. The van der Waals surface area contributed by atoms with E-state index in [9.17, 15) is 4.79 Å². The van der Waals surface area contributed by atoms with Gasteiger partial charge in [0.05, 0.1) is 0 Å². The van der Waals surface area contributed by atoms with E-state index in [-0.39, 0.29) is 0 Å². The van der Waals surface area contributed by atoms with Crippen LogP contribution in [0.2, 0.25) is 0 Å². The zero-order valence-corrected chi connectivity index (χ0v) is 13.2. The number of phenols is 1. The van der Waals surface area contributed by atoms with E-state index < -0.39 is 11.9 Å². The van der Waals surface area contributed by atoms with Crippen molar-refractivity contribution >= 4 is 6.09 Å². The van der Waals surface area contributed by atoms with Crippen LogP contribution in [0, 0.1) is 0 Å². The number of rotatable bonds is 1. The van der Waals surface area contributed by atoms with E-state index in [1.54, 1.807) is 56.3 Å². The lowest BCUT2D eigenvalue weighted by molar-refractivity contribution is -0.0438. The van der Waals surface area contributed by atoms with Crippen molar-refractivity contribution in [3.8, 4) is 23.0 Å². The van der Waals surface area contributed by atoms with Crippen LogP contribution in [-0.2, 0) is 0 Å². The smallest absolute Gasteiger partial charge is 0.412 e. The Morgan fingerprint density at radius 3 is 2.35 bits per heavy atom. The van der Waals surface area contributed by atoms with E-state index in [4.69, 9.17) is 19.3 Å². The third-order valence-electron chi connectivity index (χ3n) is 2.81. The minimum atomic E-state index is -0.732. The van der Waals surface area contributed by atoms with Crippen LogP contribution in [0.3, 0.4) is 0 Å². The molecule has 0 saturated carbocycles. The predicted octanol–water partition coefficient (Wildman–Crippen LogP) is 3.30. The first-order chi connectivity index (χ1) is 10.9. The first-order valence-corrected chi connectivity index (χ1v) is 7.06. The third-order valence-corrected chi connectivity index (χ3v) is 2.81. The molecule has 6 nitrogen and oxygen atoms in total. The van der Waals surface area contributed by atoms with Gasteiger partial charge in [0.25, 0.3) is 0 Å². The molecule has 0 bridgehead atoms. The van der Waals surface area contributed by atoms with Crippen molar-refractivity contribution in [3.05, 3.63) is 48.5 Å². The van der Waals surface area contributed by atoms with Gasteiger partial charge in [-0.2, -0.15) is 0 Å². The fourth-order valence-corrected chi connectivity index (χ4v) is 1.87. The van der Waals surface area contributed by atoms with Gasteiger partial charge in [0, 0.05) is 20.9 Å². The molecule has 1 aliphatic heterocycles. The summed E-state index contributed by atoms with van der Waals surface area (Å²) < 4.78 is 16.1. The lowest BCUT2D eigenvalue weighted by Gasteiger charge is -2.16. The molecule has 0 unspecified atom stereocenters. The molecular weight excluding hydrogens is 298 g/mol. The first kappa shape index (κ1) is 16.5. The fourth-order valence-electron chi connectivity index (χ4n) is 1.87. The number of hydrogen-bond donors (Lipinski definition) is 2. The summed E-state index contributed by atoms with van der Waals surface area (Å²) in [6.45, 7) is 3.58. The standard InChI is InChI=1S/C11H13NO4.C6H6O/c1-11(2)15-8-6-4-5-7(9(8)16-11)14-10(13)12-3;7-6-4-2-1-3-5-6/h4-6H,1-3H3,(H,12,13);1-5,7H. The van der Waals surface area contributed by atoms with Crippen molar-refractivity contribution in [2.24, 2.45) is 0 Å². The number of nitrogens with one attached hydrogen (secondary N) is 1. The maximum absolute atomic E-state index is 11.1. The molecule has 2 N–H and O–H groups in total. The van der Waals surface area contributed by atoms with Crippen molar-refractivity contribution in [2.45, 2.75) is 19.6 Å². The summed E-state index contributed by atoms with van der Waals surface area (Å²) in [5.74, 6) is 0.970. The molecule has 0 aromatic heterocycles. The van der Waals surface area contributed by atoms with Crippen LogP contribution in [0.5, 0.6) is 23.0 Å². The van der Waals surface area contributed by atoms with Crippen molar-refractivity contribution in [1.82, 2.24) is 5.32 Å². The van der Waals surface area contributed by atoms with Gasteiger partial charge in [-0.25, -0.2) is 4.79 Å². The van der Waals surface area contributed by atoms with Gasteiger partial charge in [-0.05, 0) is 24.3 Å². The zero-order chi connectivity index (χ0) is 16.9. The van der Waals surface area contributed by atoms with Gasteiger partial charge in [0.1, 0.15) is 5.75 Å². The number of ether oxygens (including phenoxy) is 3. The molecule has 2 aromatic carbocycles. The van der Waals surface area contributed by atoms with Crippen molar-refractivity contribution in [2.75, 3.05) is 7.05 Å². The summed E-state index contributed by atoms with van der Waals surface area (Å²) in [6, 6.07) is 13.9. The minimum absolute atomic E-state index is 0.322. The molecular formula is C17H19NO5. The van der Waals surface area contributed by atoms with E-state index in [0.717, 1.165) is 0 Å². The molecule has 0 fully saturated rings. The summed E-state index contributed by atoms with van der Waals surface area (Å²) in [7, 11) is 1.49. The highest BCUT2D eigenvalue weighted by Gasteiger charge is 2.34. The summed E-state index contributed by atoms with van der Waals surface area (Å²) in [4.78, 5) is 11.1. The van der Waals surface area contributed by atoms with Crippen LogP contribution in [0.15, 0.2) is 48.5 Å². The Hall–Kier alpha value is -2.89. The van der Waals surface area contributed by atoms with Gasteiger partial charge in [-0.1, -0.05) is 24.3 Å². The van der Waals surface area contributed by atoms with E-state index in [1.165, 1.54) is 7.05 Å². The number of carbonyl (C=O) groups excluding carboxylic acids is 1. The Bertz CT molecular complexity index is 670. The average molecular weight is 317 g/mol. The SMILES string of the molecule is CNC(=O)Oc1cccc2c1OC(C)(C)O2.Oc1ccccc1. The molecule has 1 amide bonds. The van der Waals surface area contributed by atoms with Crippen LogP contribution >= 0.6 is 0 Å². The monoisotopic (exact) mass is 317 g/mol. The Kier molecular flexibility index (Phi) is 4.95. The number of carbonyl (C=O) groups is 1. The number of fused-ring (bicyclic) bond motifs is 1. The molecule has 0 atom stereocenters. The van der Waals surface area contributed by atoms with E-state index >= 15 is 0 Å². The Morgan fingerprint density at radius 1 is 1.09 bits per heavy atom. The second-order valence-corrected chi connectivity index (χ2v) is 5.16. The van der Waals surface area contributed by atoms with Gasteiger partial charge >= 0.3 is 6.09 Å². The highest BCUT2D eigenvalue weighted by atomic mass is 16.7. The van der Waals surface area contributed by atoms with Gasteiger partial charge in [0.15, 0.2) is 11.5 Å². The first-order valence-electron chi connectivity index (χ1n) is 7.06. The Morgan fingerprint density at radius 2 is 1.78 bits per heavy atom. The maximum atomic E-state index is 11.1. The van der Waals surface area contributed by atoms with E-state index in [1.807, 2.05) is 6.07 Å². The normalized spacial score (nSPS) is 13.5. The van der Waals surface area contributed by atoms with E-state index in [0.29, 0.717) is 23.0 Å². The number of phenolic OH excluding ortho intramolecular Hbond substituents is 1. The largest absolute Gasteiger partial charge is 0.508 e. The summed E-state index contributed by atoms with van der Waals surface area (Å²) in [5, 5.41) is 11.0. The summed E-state index contributed by atoms with van der Waals surface area (Å²) in [5.41, 5.74) is 0. The van der Waals surface area contributed by atoms with Crippen molar-refractivity contribution in [1.29, 1.82) is 0 Å². The highest BCUT2D eigenvalue weighted by Crippen LogP contribution is 2.45. The lowest BCUT2D eigenvalue weighted by atomic mass is 10.3. The summed E-state index contributed by atoms with van der Waals surface area (Å²) >= 11 is 0. The molecule has 0 radical (unpaired) electrons. The molecule has 0 saturated heterocycles. The zero-order valence-electron chi connectivity index (χ0n) is 13.2. The average Bonchev–Trinajstić information content (AvgIpc) is 2.83. The fraction of sp³-hybridized carbons (Fsp3) is 0.235. The molecule has 3 rings (SSSR count). The molecule has 1 heterocycles. The van der Waals surface area contributed by atoms with Gasteiger partial charge in [0.2, 0.25) is 11.5 Å². The Balaban J connectivity index is 0.000000229. The topological polar surface area (TPSA) is 77.0 Å². The maximum Gasteiger partial charge on any atom is 0.412 e. The van der Waals surface area contributed by atoms with Gasteiger partial charge in [-0.3, -0.25) is 0 Å². The third kappa shape index (κ3) is 4.54. The molecule has 122 valence electrons. The van der Waals surface area contributed by atoms with Crippen LogP contribution in [0.1, 0.15) is 13.8 Å². The molecule has 1 aliphatic rings. The molecule has 0 spiro atoms. The van der Waals surface area contributed by atoms with Crippen LogP contribution < -0.4 is 19.5 Å². The van der Waals surface area contributed by atoms with E-state index in [2.05, 4.69) is 5.32 Å². The van der Waals surface area contributed by atoms with Crippen molar-refractivity contribution < 1.29 is 24.1 Å². The lowest BCUT2D eigenvalue weighted by Crippen LogP contribution is -2.30. The quantitative estimate of drug-likeness (QED) is 0.844. The summed E-state index contributed by atoms with van der Waals surface area (Å²) in [6.07, 6.45) is -0.540. The van der Waals surface area contributed by atoms with Crippen LogP contribution in [0.25, 0.3) is 0 Å². The van der Waals surface area contributed by atoms with Gasteiger partial charge in [-0.15, -0.1) is 0 Å². The highest BCUT2D eigenvalue weighted by molar-refractivity contribution is 5.72. The number of para-hydroxylation sites is 2.